The lowest BCUT2D eigenvalue weighted by Gasteiger charge is -2.30. The van der Waals surface area contributed by atoms with Crippen LogP contribution in [0, 0.1) is 5.82 Å². The van der Waals surface area contributed by atoms with Gasteiger partial charge in [0.25, 0.3) is 0 Å². The van der Waals surface area contributed by atoms with Crippen molar-refractivity contribution in [2.45, 2.75) is 37.3 Å². The van der Waals surface area contributed by atoms with Gasteiger partial charge in [0, 0.05) is 6.42 Å². The zero-order chi connectivity index (χ0) is 18.8. The number of rotatable bonds is 6. The molecule has 0 saturated heterocycles. The summed E-state index contributed by atoms with van der Waals surface area (Å²) in [4.78, 5) is 11.7. The zero-order valence-corrected chi connectivity index (χ0v) is 12.1. The van der Waals surface area contributed by atoms with Crippen molar-refractivity contribution < 1.29 is 44.7 Å². The SMILES string of the molecule is CCOC(=O)C(CC(F)(F)C(F)(F)C(F)(F)F)c1ccc(F)cc1. The van der Waals surface area contributed by atoms with E-state index in [4.69, 9.17) is 0 Å². The molecule has 0 heterocycles. The largest absolute Gasteiger partial charge is 0.466 e. The number of hydrogen-bond donors (Lipinski definition) is 0. The Hall–Kier alpha value is -1.87. The predicted octanol–water partition coefficient (Wildman–Crippen LogP) is 4.70. The average Bonchev–Trinajstić information content (AvgIpc) is 2.44. The second kappa shape index (κ2) is 6.94. The maximum atomic E-state index is 13.6. The van der Waals surface area contributed by atoms with Gasteiger partial charge >= 0.3 is 24.0 Å². The van der Waals surface area contributed by atoms with Crippen LogP contribution in [0.4, 0.5) is 35.1 Å². The lowest BCUT2D eigenvalue weighted by atomic mass is 9.90. The number of alkyl halides is 7. The maximum Gasteiger partial charge on any atom is 0.459 e. The van der Waals surface area contributed by atoms with Crippen molar-refractivity contribution in [2.24, 2.45) is 0 Å². The van der Waals surface area contributed by atoms with E-state index >= 15 is 0 Å². The smallest absolute Gasteiger partial charge is 0.459 e. The summed E-state index contributed by atoms with van der Waals surface area (Å²) >= 11 is 0. The highest BCUT2D eigenvalue weighted by atomic mass is 19.4. The Balaban J connectivity index is 3.21. The molecule has 1 aromatic carbocycles. The molecule has 1 atom stereocenters. The van der Waals surface area contributed by atoms with Gasteiger partial charge in [0.15, 0.2) is 0 Å². The Morgan fingerprint density at radius 1 is 1.04 bits per heavy atom. The lowest BCUT2D eigenvalue weighted by molar-refractivity contribution is -0.356. The highest BCUT2D eigenvalue weighted by molar-refractivity contribution is 5.78. The Kier molecular flexibility index (Phi) is 5.83. The summed E-state index contributed by atoms with van der Waals surface area (Å²) in [6.07, 6.45) is -8.65. The van der Waals surface area contributed by atoms with Crippen molar-refractivity contribution in [1.29, 1.82) is 0 Å². The molecule has 10 heteroatoms. The van der Waals surface area contributed by atoms with E-state index in [0.29, 0.717) is 0 Å². The quantitative estimate of drug-likeness (QED) is 0.541. The molecule has 0 radical (unpaired) electrons. The van der Waals surface area contributed by atoms with E-state index < -0.39 is 42.1 Å². The second-order valence-corrected chi connectivity index (χ2v) is 4.84. The second-order valence-electron chi connectivity index (χ2n) is 4.84. The van der Waals surface area contributed by atoms with Crippen molar-refractivity contribution in [3.05, 3.63) is 35.6 Å². The van der Waals surface area contributed by atoms with E-state index in [1.54, 1.807) is 0 Å². The molecule has 1 unspecified atom stereocenters. The molecule has 0 bridgehead atoms. The summed E-state index contributed by atoms with van der Waals surface area (Å²) in [6, 6.07) is 3.17. The van der Waals surface area contributed by atoms with Gasteiger partial charge in [-0.05, 0) is 24.6 Å². The van der Waals surface area contributed by atoms with Gasteiger partial charge in [0.05, 0.1) is 12.5 Å². The van der Waals surface area contributed by atoms with Crippen LogP contribution in [0.1, 0.15) is 24.8 Å². The third kappa shape index (κ3) is 4.15. The van der Waals surface area contributed by atoms with Gasteiger partial charge in [0.2, 0.25) is 0 Å². The number of carbonyl (C=O) groups is 1. The molecule has 24 heavy (non-hydrogen) atoms. The molecule has 0 spiro atoms. The van der Waals surface area contributed by atoms with Crippen LogP contribution in [0.3, 0.4) is 0 Å². The minimum Gasteiger partial charge on any atom is -0.466 e. The van der Waals surface area contributed by atoms with Gasteiger partial charge in [-0.15, -0.1) is 0 Å². The minimum absolute atomic E-state index is 0.308. The minimum atomic E-state index is -6.50. The van der Waals surface area contributed by atoms with Gasteiger partial charge in [-0.2, -0.15) is 30.7 Å². The van der Waals surface area contributed by atoms with Gasteiger partial charge in [-0.3, -0.25) is 4.79 Å². The Bertz CT molecular complexity index is 565. The molecule has 2 nitrogen and oxygen atoms in total. The lowest BCUT2D eigenvalue weighted by Crippen LogP contribution is -2.52. The predicted molar refractivity (Wildman–Crippen MR) is 66.3 cm³/mol. The number of ether oxygens (including phenoxy) is 1. The number of halogens is 8. The summed E-state index contributed by atoms with van der Waals surface area (Å²) in [6.45, 7) is 0.986. The number of esters is 1. The number of benzene rings is 1. The first-order valence-corrected chi connectivity index (χ1v) is 6.58. The first-order valence-electron chi connectivity index (χ1n) is 6.58. The molecule has 0 amide bonds. The molecule has 1 rings (SSSR count). The van der Waals surface area contributed by atoms with Crippen LogP contribution in [-0.2, 0) is 9.53 Å². The third-order valence-corrected chi connectivity index (χ3v) is 3.12. The van der Waals surface area contributed by atoms with Crippen LogP contribution in [-0.4, -0.2) is 30.6 Å². The summed E-state index contributed by atoms with van der Waals surface area (Å²) < 4.78 is 107. The molecule has 0 aliphatic carbocycles. The fraction of sp³-hybridized carbons (Fsp3) is 0.500. The standard InChI is InChI=1S/C14H12F8O2/c1-2-24-11(23)10(8-3-5-9(15)6-4-8)7-12(16,17)13(18,19)14(20,21)22/h3-6,10H,2,7H2,1H3. The van der Waals surface area contributed by atoms with Crippen molar-refractivity contribution in [1.82, 2.24) is 0 Å². The fourth-order valence-electron chi connectivity index (χ4n) is 1.87. The highest BCUT2D eigenvalue weighted by Crippen LogP contribution is 2.50. The normalized spacial score (nSPS) is 14.4. The molecule has 0 aliphatic rings. The van der Waals surface area contributed by atoms with Gasteiger partial charge in [0.1, 0.15) is 5.82 Å². The zero-order valence-electron chi connectivity index (χ0n) is 12.1. The summed E-state index contributed by atoms with van der Waals surface area (Å²) in [5.41, 5.74) is -0.368. The van der Waals surface area contributed by atoms with Crippen molar-refractivity contribution in [3.63, 3.8) is 0 Å². The molecule has 1 aromatic rings. The monoisotopic (exact) mass is 364 g/mol. The molecular formula is C14H12F8O2. The summed E-state index contributed by atoms with van der Waals surface area (Å²) in [5.74, 6) is -16.3. The molecule has 0 saturated carbocycles. The van der Waals surface area contributed by atoms with Crippen LogP contribution in [0.25, 0.3) is 0 Å². The van der Waals surface area contributed by atoms with Crippen molar-refractivity contribution >= 4 is 5.97 Å². The van der Waals surface area contributed by atoms with Crippen LogP contribution in [0.5, 0.6) is 0 Å². The van der Waals surface area contributed by atoms with Crippen LogP contribution >= 0.6 is 0 Å². The average molecular weight is 364 g/mol. The third-order valence-electron chi connectivity index (χ3n) is 3.12. The number of carbonyl (C=O) groups excluding carboxylic acids is 1. The van der Waals surface area contributed by atoms with E-state index in [1.165, 1.54) is 6.92 Å². The van der Waals surface area contributed by atoms with E-state index in [2.05, 4.69) is 4.74 Å². The first-order chi connectivity index (χ1) is 10.8. The van der Waals surface area contributed by atoms with Crippen LogP contribution in [0.2, 0.25) is 0 Å². The Morgan fingerprint density at radius 3 is 1.96 bits per heavy atom. The highest BCUT2D eigenvalue weighted by Gasteiger charge is 2.73. The summed E-state index contributed by atoms with van der Waals surface area (Å²) in [5, 5.41) is 0. The van der Waals surface area contributed by atoms with Crippen LogP contribution < -0.4 is 0 Å². The first kappa shape index (κ1) is 20.2. The van der Waals surface area contributed by atoms with Gasteiger partial charge < -0.3 is 4.74 Å². The Labute approximate surface area is 131 Å². The van der Waals surface area contributed by atoms with Crippen molar-refractivity contribution in [3.8, 4) is 0 Å². The van der Waals surface area contributed by atoms with Gasteiger partial charge in [-0.1, -0.05) is 12.1 Å². The van der Waals surface area contributed by atoms with Crippen LogP contribution in [0.15, 0.2) is 24.3 Å². The molecule has 136 valence electrons. The maximum absolute atomic E-state index is 13.6. The van der Waals surface area contributed by atoms with Crippen molar-refractivity contribution in [2.75, 3.05) is 6.61 Å². The molecule has 0 aliphatic heterocycles. The van der Waals surface area contributed by atoms with E-state index in [1.807, 2.05) is 0 Å². The fourth-order valence-corrected chi connectivity index (χ4v) is 1.87. The van der Waals surface area contributed by atoms with Gasteiger partial charge in [-0.25, -0.2) is 4.39 Å². The number of hydrogen-bond acceptors (Lipinski definition) is 2. The molecule has 0 aromatic heterocycles. The molecule has 0 fully saturated rings. The molecular weight excluding hydrogens is 352 g/mol. The topological polar surface area (TPSA) is 26.3 Å². The van der Waals surface area contributed by atoms with E-state index in [0.717, 1.165) is 24.3 Å². The molecule has 0 N–H and O–H groups in total. The summed E-state index contributed by atoms with van der Waals surface area (Å²) in [7, 11) is 0. The Morgan fingerprint density at radius 2 is 1.54 bits per heavy atom. The van der Waals surface area contributed by atoms with E-state index in [9.17, 15) is 39.9 Å². The van der Waals surface area contributed by atoms with E-state index in [-0.39, 0.29) is 12.2 Å².